The van der Waals surface area contributed by atoms with Crippen molar-refractivity contribution in [2.75, 3.05) is 0 Å². The van der Waals surface area contributed by atoms with Crippen LogP contribution in [-0.4, -0.2) is 29.9 Å². The van der Waals surface area contributed by atoms with Crippen LogP contribution in [0.5, 0.6) is 0 Å². The molecule has 0 saturated heterocycles. The molecule has 6 nitrogen and oxygen atoms in total. The average molecular weight is 667 g/mol. The van der Waals surface area contributed by atoms with Crippen molar-refractivity contribution in [1.82, 2.24) is 29.9 Å². The lowest BCUT2D eigenvalue weighted by atomic mass is 10.0. The van der Waals surface area contributed by atoms with Crippen LogP contribution in [0, 0.1) is 53.0 Å². The molecular formula is C42H21F3N6. The van der Waals surface area contributed by atoms with Crippen LogP contribution in [0.4, 0.5) is 13.2 Å². The minimum atomic E-state index is -1.26. The van der Waals surface area contributed by atoms with Crippen molar-refractivity contribution in [1.29, 1.82) is 0 Å². The first-order valence-corrected chi connectivity index (χ1v) is 15.4. The highest BCUT2D eigenvalue weighted by Crippen LogP contribution is 2.25. The predicted octanol–water partition coefficient (Wildman–Crippen LogP) is 7.67. The molecule has 0 atom stereocenters. The molecule has 7 rings (SSSR count). The summed E-state index contributed by atoms with van der Waals surface area (Å²) in [7, 11) is 0. The molecule has 6 heterocycles. The standard InChI is InChI=1S/C42H21F3N6/c43-40-31(16-10-28-13-19-37(49-25-28)34-7-1-4-22-46-34)41(44)33(18-12-30-15-21-39(51-27-30)36-9-3-6-24-48-36)42(45)32(40)17-11-29-14-20-38(50-26-29)35-8-2-5-23-47-35/h1-9,13-15,19-27H. The Morgan fingerprint density at radius 1 is 0.314 bits per heavy atom. The summed E-state index contributed by atoms with van der Waals surface area (Å²) in [4.78, 5) is 25.9. The molecule has 0 aliphatic rings. The van der Waals surface area contributed by atoms with Gasteiger partial charge in [-0.2, -0.15) is 0 Å². The van der Waals surface area contributed by atoms with Crippen molar-refractivity contribution in [2.45, 2.75) is 0 Å². The first-order chi connectivity index (χ1) is 25.0. The Labute approximate surface area is 291 Å². The van der Waals surface area contributed by atoms with Crippen LogP contribution in [0.25, 0.3) is 34.2 Å². The van der Waals surface area contributed by atoms with Gasteiger partial charge in [-0.25, -0.2) is 13.2 Å². The van der Waals surface area contributed by atoms with Gasteiger partial charge in [0.25, 0.3) is 0 Å². The van der Waals surface area contributed by atoms with Gasteiger partial charge in [0.05, 0.1) is 50.9 Å². The van der Waals surface area contributed by atoms with Gasteiger partial charge < -0.3 is 0 Å². The Kier molecular flexibility index (Phi) is 9.32. The third kappa shape index (κ3) is 7.37. The Morgan fingerprint density at radius 2 is 0.608 bits per heavy atom. The summed E-state index contributed by atoms with van der Waals surface area (Å²) in [6.07, 6.45) is 9.32. The molecule has 0 saturated carbocycles. The second kappa shape index (κ2) is 14.8. The summed E-state index contributed by atoms with van der Waals surface area (Å²) in [5.41, 5.74) is 2.81. The zero-order valence-electron chi connectivity index (χ0n) is 26.4. The molecule has 9 heteroatoms. The van der Waals surface area contributed by atoms with Crippen molar-refractivity contribution >= 4 is 0 Å². The lowest BCUT2D eigenvalue weighted by Gasteiger charge is -2.06. The van der Waals surface area contributed by atoms with Gasteiger partial charge in [0.2, 0.25) is 0 Å². The van der Waals surface area contributed by atoms with Gasteiger partial charge in [0.15, 0.2) is 17.5 Å². The Morgan fingerprint density at radius 3 is 0.843 bits per heavy atom. The van der Waals surface area contributed by atoms with Crippen molar-refractivity contribution in [3.63, 3.8) is 0 Å². The van der Waals surface area contributed by atoms with E-state index in [1.54, 1.807) is 91.4 Å². The summed E-state index contributed by atoms with van der Waals surface area (Å²) < 4.78 is 47.8. The summed E-state index contributed by atoms with van der Waals surface area (Å²) in [5.74, 6) is 11.9. The molecule has 1 aromatic carbocycles. The first-order valence-electron chi connectivity index (χ1n) is 15.4. The van der Waals surface area contributed by atoms with Gasteiger partial charge in [-0.3, -0.25) is 29.9 Å². The molecular weight excluding hydrogens is 645 g/mol. The quantitative estimate of drug-likeness (QED) is 0.180. The van der Waals surface area contributed by atoms with Crippen molar-refractivity contribution < 1.29 is 13.2 Å². The largest absolute Gasteiger partial charge is 0.255 e. The van der Waals surface area contributed by atoms with Gasteiger partial charge in [-0.05, 0) is 72.8 Å². The monoisotopic (exact) mass is 666 g/mol. The molecule has 0 fully saturated rings. The fraction of sp³-hybridized carbons (Fsp3) is 0. The van der Waals surface area contributed by atoms with Crippen LogP contribution < -0.4 is 0 Å². The van der Waals surface area contributed by atoms with Crippen LogP contribution in [0.3, 0.4) is 0 Å². The SMILES string of the molecule is Fc1c(C#Cc2ccc(-c3ccccn3)nc2)c(F)c(C#Cc2ccc(-c3ccccn3)nc2)c(F)c1C#Cc1ccc(-c2ccccn2)nc1. The van der Waals surface area contributed by atoms with Crippen molar-refractivity contribution in [3.8, 4) is 69.7 Å². The Bertz CT molecular complexity index is 2220. The molecule has 0 N–H and O–H groups in total. The molecule has 0 unspecified atom stereocenters. The maximum atomic E-state index is 15.9. The van der Waals surface area contributed by atoms with E-state index < -0.39 is 34.1 Å². The van der Waals surface area contributed by atoms with Crippen LogP contribution in [0.1, 0.15) is 33.4 Å². The maximum Gasteiger partial charge on any atom is 0.160 e. The summed E-state index contributed by atoms with van der Waals surface area (Å²) >= 11 is 0. The molecule has 0 amide bonds. The highest BCUT2D eigenvalue weighted by molar-refractivity contribution is 5.60. The van der Waals surface area contributed by atoms with E-state index >= 15 is 13.2 Å². The van der Waals surface area contributed by atoms with Gasteiger partial charge in [-0.15, -0.1) is 0 Å². The van der Waals surface area contributed by atoms with E-state index in [0.29, 0.717) is 50.9 Å². The van der Waals surface area contributed by atoms with Gasteiger partial charge in [-0.1, -0.05) is 53.7 Å². The van der Waals surface area contributed by atoms with Gasteiger partial charge >= 0.3 is 0 Å². The van der Waals surface area contributed by atoms with E-state index in [1.807, 2.05) is 18.2 Å². The van der Waals surface area contributed by atoms with Crippen molar-refractivity contribution in [2.24, 2.45) is 0 Å². The number of pyridine rings is 6. The Balaban J connectivity index is 1.26. The molecule has 7 aromatic rings. The third-order valence-corrected chi connectivity index (χ3v) is 7.38. The smallest absolute Gasteiger partial charge is 0.160 e. The lowest BCUT2D eigenvalue weighted by Crippen LogP contribution is -2.05. The van der Waals surface area contributed by atoms with E-state index in [-0.39, 0.29) is 0 Å². The zero-order valence-corrected chi connectivity index (χ0v) is 26.4. The Hall–Kier alpha value is -7.41. The topological polar surface area (TPSA) is 77.3 Å². The molecule has 0 radical (unpaired) electrons. The van der Waals surface area contributed by atoms with Gasteiger partial charge in [0.1, 0.15) is 0 Å². The highest BCUT2D eigenvalue weighted by Gasteiger charge is 2.23. The van der Waals surface area contributed by atoms with E-state index in [9.17, 15) is 0 Å². The molecule has 0 spiro atoms. The molecule has 0 aliphatic heterocycles. The number of halogens is 3. The number of hydrogen-bond acceptors (Lipinski definition) is 6. The molecule has 240 valence electrons. The second-order valence-corrected chi connectivity index (χ2v) is 10.8. The fourth-order valence-electron chi connectivity index (χ4n) is 4.80. The molecule has 0 bridgehead atoms. The normalized spacial score (nSPS) is 10.2. The average Bonchev–Trinajstić information content (AvgIpc) is 3.19. The summed E-state index contributed by atoms with van der Waals surface area (Å²) in [6, 6.07) is 26.3. The van der Waals surface area contributed by atoms with Crippen LogP contribution in [0.2, 0.25) is 0 Å². The lowest BCUT2D eigenvalue weighted by molar-refractivity contribution is 0.531. The predicted molar refractivity (Wildman–Crippen MR) is 187 cm³/mol. The van der Waals surface area contributed by atoms with E-state index in [0.717, 1.165) is 0 Å². The van der Waals surface area contributed by atoms with Crippen LogP contribution in [-0.2, 0) is 0 Å². The minimum absolute atomic E-state index is 0.371. The summed E-state index contributed by atoms with van der Waals surface area (Å²) in [5, 5.41) is 0. The van der Waals surface area contributed by atoms with E-state index in [1.165, 1.54) is 18.6 Å². The highest BCUT2D eigenvalue weighted by atomic mass is 19.1. The number of benzene rings is 1. The molecule has 0 aliphatic carbocycles. The number of nitrogens with zero attached hydrogens (tertiary/aromatic N) is 6. The van der Waals surface area contributed by atoms with Gasteiger partial charge in [0, 0.05) is 53.9 Å². The molecule has 51 heavy (non-hydrogen) atoms. The van der Waals surface area contributed by atoms with E-state index in [2.05, 4.69) is 65.4 Å². The van der Waals surface area contributed by atoms with Crippen LogP contribution in [0.15, 0.2) is 128 Å². The number of rotatable bonds is 3. The summed E-state index contributed by atoms with van der Waals surface area (Å²) in [6.45, 7) is 0. The third-order valence-electron chi connectivity index (χ3n) is 7.38. The van der Waals surface area contributed by atoms with Crippen LogP contribution >= 0.6 is 0 Å². The maximum absolute atomic E-state index is 15.9. The van der Waals surface area contributed by atoms with E-state index in [4.69, 9.17) is 0 Å². The fourth-order valence-corrected chi connectivity index (χ4v) is 4.80. The zero-order chi connectivity index (χ0) is 35.0. The minimum Gasteiger partial charge on any atom is -0.255 e. The molecule has 6 aromatic heterocycles. The number of hydrogen-bond donors (Lipinski definition) is 0. The number of aromatic nitrogens is 6. The first kappa shape index (κ1) is 32.2. The van der Waals surface area contributed by atoms with Crippen molar-refractivity contribution in [3.05, 3.63) is 179 Å². The second-order valence-electron chi connectivity index (χ2n) is 10.8.